The van der Waals surface area contributed by atoms with E-state index in [1.165, 1.54) is 0 Å². The van der Waals surface area contributed by atoms with Crippen LogP contribution in [-0.4, -0.2) is 44.4 Å². The molecule has 0 radical (unpaired) electrons. The van der Waals surface area contributed by atoms with E-state index in [4.69, 9.17) is 5.73 Å². The Balaban J connectivity index is 1.36. The van der Waals surface area contributed by atoms with Gasteiger partial charge < -0.3 is 16.0 Å². The number of hydrogen-bond donors (Lipinski definition) is 3. The van der Waals surface area contributed by atoms with Gasteiger partial charge in [0.15, 0.2) is 0 Å². The van der Waals surface area contributed by atoms with E-state index in [0.29, 0.717) is 19.6 Å². The summed E-state index contributed by atoms with van der Waals surface area (Å²) in [5, 5.41) is 5.22. The van der Waals surface area contributed by atoms with E-state index in [2.05, 4.69) is 10.0 Å². The lowest BCUT2D eigenvalue weighted by atomic mass is 10.1. The summed E-state index contributed by atoms with van der Waals surface area (Å²) in [6.45, 7) is 1.67. The molecular formula is C31H34N4O3S. The SMILES string of the molecule is NCc1ccc(NC[C@H]2CCCN2C(=O)[C@H](Cc2ccccc2)NS(=O)(=O)c2ccc3ccccc3c2)cc1. The first-order valence-corrected chi connectivity index (χ1v) is 14.8. The van der Waals surface area contributed by atoms with Gasteiger partial charge in [-0.05, 0) is 65.4 Å². The van der Waals surface area contributed by atoms with Crippen molar-refractivity contribution in [2.45, 2.75) is 42.8 Å². The van der Waals surface area contributed by atoms with Crippen molar-refractivity contribution in [1.82, 2.24) is 9.62 Å². The number of amides is 1. The normalized spacial score (nSPS) is 16.3. The highest BCUT2D eigenvalue weighted by Crippen LogP contribution is 2.23. The summed E-state index contributed by atoms with van der Waals surface area (Å²) < 4.78 is 29.8. The summed E-state index contributed by atoms with van der Waals surface area (Å²) in [7, 11) is -3.95. The molecule has 0 aromatic heterocycles. The molecule has 0 saturated carbocycles. The molecule has 0 spiro atoms. The molecule has 4 aromatic rings. The molecule has 202 valence electrons. The molecular weight excluding hydrogens is 508 g/mol. The Morgan fingerprint density at radius 1 is 0.897 bits per heavy atom. The third-order valence-electron chi connectivity index (χ3n) is 7.30. The minimum Gasteiger partial charge on any atom is -0.383 e. The second-order valence-corrected chi connectivity index (χ2v) is 11.7. The van der Waals surface area contributed by atoms with Crippen molar-refractivity contribution in [1.29, 1.82) is 0 Å². The van der Waals surface area contributed by atoms with E-state index < -0.39 is 16.1 Å². The van der Waals surface area contributed by atoms with Crippen LogP contribution >= 0.6 is 0 Å². The number of rotatable bonds is 10. The summed E-state index contributed by atoms with van der Waals surface area (Å²) in [6.07, 6.45) is 2.00. The van der Waals surface area contributed by atoms with Gasteiger partial charge in [-0.15, -0.1) is 0 Å². The first kappa shape index (κ1) is 26.9. The van der Waals surface area contributed by atoms with E-state index >= 15 is 0 Å². The predicted octanol–water partition coefficient (Wildman–Crippen LogP) is 4.29. The summed E-state index contributed by atoms with van der Waals surface area (Å²) in [5.41, 5.74) is 8.61. The maximum absolute atomic E-state index is 13.9. The number of nitrogens with two attached hydrogens (primary N) is 1. The smallest absolute Gasteiger partial charge is 0.241 e. The van der Waals surface area contributed by atoms with Gasteiger partial charge in [0, 0.05) is 31.4 Å². The van der Waals surface area contributed by atoms with E-state index in [1.807, 2.05) is 83.8 Å². The summed E-state index contributed by atoms with van der Waals surface area (Å²) in [5.74, 6) is -0.203. The number of carbonyl (C=O) groups excluding carboxylic acids is 1. The summed E-state index contributed by atoms with van der Waals surface area (Å²) in [4.78, 5) is 15.9. The lowest BCUT2D eigenvalue weighted by Gasteiger charge is -2.30. The van der Waals surface area contributed by atoms with E-state index in [9.17, 15) is 13.2 Å². The van der Waals surface area contributed by atoms with Crippen LogP contribution in [0.4, 0.5) is 5.69 Å². The van der Waals surface area contributed by atoms with Gasteiger partial charge in [-0.3, -0.25) is 4.79 Å². The highest BCUT2D eigenvalue weighted by atomic mass is 32.2. The highest BCUT2D eigenvalue weighted by Gasteiger charge is 2.35. The quantitative estimate of drug-likeness (QED) is 0.277. The minimum atomic E-state index is -3.95. The highest BCUT2D eigenvalue weighted by molar-refractivity contribution is 7.89. The molecule has 8 heteroatoms. The fraction of sp³-hybridized carbons (Fsp3) is 0.258. The predicted molar refractivity (Wildman–Crippen MR) is 156 cm³/mol. The Bertz CT molecular complexity index is 1520. The minimum absolute atomic E-state index is 0.0323. The van der Waals surface area contributed by atoms with Crippen molar-refractivity contribution in [2.75, 3.05) is 18.4 Å². The van der Waals surface area contributed by atoms with Crippen LogP contribution in [0.25, 0.3) is 10.8 Å². The fourth-order valence-electron chi connectivity index (χ4n) is 5.15. The van der Waals surface area contributed by atoms with Crippen LogP contribution in [0.1, 0.15) is 24.0 Å². The molecule has 1 amide bonds. The van der Waals surface area contributed by atoms with Gasteiger partial charge in [0.05, 0.1) is 4.90 Å². The number of hydrogen-bond acceptors (Lipinski definition) is 5. The van der Waals surface area contributed by atoms with Gasteiger partial charge in [-0.1, -0.05) is 72.8 Å². The van der Waals surface area contributed by atoms with E-state index in [1.54, 1.807) is 18.2 Å². The molecule has 39 heavy (non-hydrogen) atoms. The second-order valence-electron chi connectivity index (χ2n) is 9.98. The summed E-state index contributed by atoms with van der Waals surface area (Å²) in [6, 6.07) is 29.2. The topological polar surface area (TPSA) is 105 Å². The average Bonchev–Trinajstić information content (AvgIpc) is 3.44. The largest absolute Gasteiger partial charge is 0.383 e. The second kappa shape index (κ2) is 12.0. The van der Waals surface area contributed by atoms with Gasteiger partial charge >= 0.3 is 0 Å². The van der Waals surface area contributed by atoms with Crippen LogP contribution in [0.2, 0.25) is 0 Å². The maximum atomic E-state index is 13.9. The number of carbonyl (C=O) groups is 1. The molecule has 7 nitrogen and oxygen atoms in total. The first-order chi connectivity index (χ1) is 18.9. The standard InChI is InChI=1S/C31H34N4O3S/c32-21-24-12-15-27(16-13-24)33-22-28-11-6-18-35(28)31(36)30(19-23-7-2-1-3-8-23)34-39(37,38)29-17-14-25-9-4-5-10-26(25)20-29/h1-5,7-10,12-17,20,28,30,33-34H,6,11,18-19,21-22,32H2/t28-,30+/m1/s1. The molecule has 0 unspecified atom stereocenters. The van der Waals surface area contributed by atoms with Crippen LogP contribution in [0.15, 0.2) is 102 Å². The number of sulfonamides is 1. The Morgan fingerprint density at radius 3 is 2.36 bits per heavy atom. The van der Waals surface area contributed by atoms with Crippen LogP contribution in [0, 0.1) is 0 Å². The molecule has 0 bridgehead atoms. The van der Waals surface area contributed by atoms with Crippen molar-refractivity contribution in [3.8, 4) is 0 Å². The van der Waals surface area contributed by atoms with Crippen molar-refractivity contribution < 1.29 is 13.2 Å². The zero-order valence-corrected chi connectivity index (χ0v) is 22.6. The van der Waals surface area contributed by atoms with E-state index in [0.717, 1.165) is 40.4 Å². The molecule has 4 aromatic carbocycles. The zero-order valence-electron chi connectivity index (χ0n) is 21.8. The Kier molecular flexibility index (Phi) is 8.26. The molecule has 1 heterocycles. The monoisotopic (exact) mass is 542 g/mol. The first-order valence-electron chi connectivity index (χ1n) is 13.3. The number of benzene rings is 4. The lowest BCUT2D eigenvalue weighted by molar-refractivity contribution is -0.133. The third-order valence-corrected chi connectivity index (χ3v) is 8.77. The number of anilines is 1. The Hall–Kier alpha value is -3.72. The van der Waals surface area contributed by atoms with Gasteiger partial charge in [-0.2, -0.15) is 4.72 Å². The van der Waals surface area contributed by atoms with Crippen LogP contribution < -0.4 is 15.8 Å². The van der Waals surface area contributed by atoms with Crippen molar-refractivity contribution >= 4 is 32.4 Å². The maximum Gasteiger partial charge on any atom is 0.241 e. The Labute approximate surface area is 230 Å². The molecule has 1 aliphatic heterocycles. The van der Waals surface area contributed by atoms with Gasteiger partial charge in [0.25, 0.3) is 0 Å². The molecule has 1 aliphatic rings. The average molecular weight is 543 g/mol. The molecule has 5 rings (SSSR count). The number of nitrogens with one attached hydrogen (secondary N) is 2. The number of likely N-dealkylation sites (tertiary alicyclic amines) is 1. The summed E-state index contributed by atoms with van der Waals surface area (Å²) >= 11 is 0. The number of fused-ring (bicyclic) bond motifs is 1. The van der Waals surface area contributed by atoms with Crippen molar-refractivity contribution in [3.05, 3.63) is 108 Å². The number of nitrogens with zero attached hydrogens (tertiary/aromatic N) is 1. The van der Waals surface area contributed by atoms with Crippen LogP contribution in [0.5, 0.6) is 0 Å². The molecule has 1 fully saturated rings. The van der Waals surface area contributed by atoms with Gasteiger partial charge in [0.2, 0.25) is 15.9 Å². The van der Waals surface area contributed by atoms with Gasteiger partial charge in [-0.25, -0.2) is 8.42 Å². The lowest BCUT2D eigenvalue weighted by Crippen LogP contribution is -2.52. The molecule has 1 saturated heterocycles. The van der Waals surface area contributed by atoms with Crippen LogP contribution in [0.3, 0.4) is 0 Å². The van der Waals surface area contributed by atoms with Crippen molar-refractivity contribution in [3.63, 3.8) is 0 Å². The van der Waals surface area contributed by atoms with Crippen molar-refractivity contribution in [2.24, 2.45) is 5.73 Å². The third kappa shape index (κ3) is 6.47. The molecule has 0 aliphatic carbocycles. The molecule has 4 N–H and O–H groups in total. The van der Waals surface area contributed by atoms with Crippen LogP contribution in [-0.2, 0) is 27.8 Å². The zero-order chi connectivity index (χ0) is 27.2. The fourth-order valence-corrected chi connectivity index (χ4v) is 6.38. The van der Waals surface area contributed by atoms with E-state index in [-0.39, 0.29) is 23.3 Å². The molecule has 2 atom stereocenters. The van der Waals surface area contributed by atoms with Gasteiger partial charge in [0.1, 0.15) is 6.04 Å². The Morgan fingerprint density at radius 2 is 1.62 bits per heavy atom.